The minimum Gasteiger partial charge on any atom is -0.393 e. The molecule has 0 aromatic carbocycles. The number of ketones is 1. The number of carbonyl (C=O) groups is 1. The van der Waals surface area contributed by atoms with E-state index in [1.165, 1.54) is 0 Å². The predicted octanol–water partition coefficient (Wildman–Crippen LogP) is 0.630. The van der Waals surface area contributed by atoms with Gasteiger partial charge < -0.3 is 5.11 Å². The number of nitrogens with zero attached hydrogens (tertiary/aromatic N) is 1. The molecule has 0 rings (SSSR count). The molecular formula is C7H11NO2. The van der Waals surface area contributed by atoms with E-state index < -0.39 is 6.10 Å². The van der Waals surface area contributed by atoms with Crippen molar-refractivity contribution < 1.29 is 9.90 Å². The Balaban J connectivity index is 3.33. The van der Waals surface area contributed by atoms with Gasteiger partial charge in [0.15, 0.2) is 0 Å². The molecule has 3 nitrogen and oxygen atoms in total. The summed E-state index contributed by atoms with van der Waals surface area (Å²) in [5, 5.41) is 16.8. The zero-order valence-electron chi connectivity index (χ0n) is 6.00. The van der Waals surface area contributed by atoms with Crippen LogP contribution in [0.5, 0.6) is 0 Å². The summed E-state index contributed by atoms with van der Waals surface area (Å²) in [5.41, 5.74) is 0. The molecule has 1 N–H and O–H groups in total. The van der Waals surface area contributed by atoms with E-state index >= 15 is 0 Å². The van der Waals surface area contributed by atoms with Crippen molar-refractivity contribution in [1.82, 2.24) is 0 Å². The van der Waals surface area contributed by atoms with E-state index in [9.17, 15) is 4.79 Å². The molecular weight excluding hydrogens is 130 g/mol. The maximum atomic E-state index is 10.6. The first-order chi connectivity index (χ1) is 4.66. The SMILES string of the molecule is CC(O)CCC(=O)CC#N. The molecule has 0 saturated carbocycles. The number of aliphatic hydroxyl groups is 1. The molecule has 0 aromatic rings. The zero-order chi connectivity index (χ0) is 7.98. The highest BCUT2D eigenvalue weighted by Gasteiger charge is 2.02. The smallest absolute Gasteiger partial charge is 0.147 e. The van der Waals surface area contributed by atoms with Crippen LogP contribution in [0.2, 0.25) is 0 Å². The summed E-state index contributed by atoms with van der Waals surface area (Å²) in [6, 6.07) is 1.76. The van der Waals surface area contributed by atoms with Crippen molar-refractivity contribution in [2.45, 2.75) is 32.3 Å². The third-order valence-electron chi connectivity index (χ3n) is 1.12. The van der Waals surface area contributed by atoms with Crippen LogP contribution < -0.4 is 0 Å². The number of aliphatic hydroxyl groups excluding tert-OH is 1. The number of Topliss-reactive ketones (excluding diaryl/α,β-unsaturated/α-hetero) is 1. The van der Waals surface area contributed by atoms with Gasteiger partial charge in [0.1, 0.15) is 5.78 Å². The number of carbonyl (C=O) groups excluding carboxylic acids is 1. The maximum absolute atomic E-state index is 10.6. The lowest BCUT2D eigenvalue weighted by Crippen LogP contribution is -2.04. The van der Waals surface area contributed by atoms with Gasteiger partial charge in [-0.05, 0) is 13.3 Å². The van der Waals surface area contributed by atoms with Crippen molar-refractivity contribution in [1.29, 1.82) is 5.26 Å². The number of rotatable bonds is 4. The van der Waals surface area contributed by atoms with Gasteiger partial charge in [-0.1, -0.05) is 0 Å². The Hall–Kier alpha value is -0.880. The summed E-state index contributed by atoms with van der Waals surface area (Å²) in [6.07, 6.45) is 0.293. The quantitative estimate of drug-likeness (QED) is 0.624. The van der Waals surface area contributed by atoms with Gasteiger partial charge in [-0.15, -0.1) is 0 Å². The molecule has 0 amide bonds. The Morgan fingerprint density at radius 3 is 2.80 bits per heavy atom. The summed E-state index contributed by atoms with van der Waals surface area (Å²) >= 11 is 0. The van der Waals surface area contributed by atoms with E-state index in [1.807, 2.05) is 0 Å². The largest absolute Gasteiger partial charge is 0.393 e. The fourth-order valence-corrected chi connectivity index (χ4v) is 0.546. The van der Waals surface area contributed by atoms with Crippen molar-refractivity contribution in [3.8, 4) is 6.07 Å². The van der Waals surface area contributed by atoms with Crippen LogP contribution in [0.4, 0.5) is 0 Å². The van der Waals surface area contributed by atoms with Gasteiger partial charge in [-0.2, -0.15) is 5.26 Å². The second-order valence-electron chi connectivity index (χ2n) is 2.26. The highest BCUT2D eigenvalue weighted by atomic mass is 16.3. The third kappa shape index (κ3) is 5.26. The minimum absolute atomic E-state index is 0.0350. The average Bonchev–Trinajstić information content (AvgIpc) is 1.85. The van der Waals surface area contributed by atoms with Gasteiger partial charge in [-0.3, -0.25) is 4.79 Å². The highest BCUT2D eigenvalue weighted by Crippen LogP contribution is 1.98. The van der Waals surface area contributed by atoms with Crippen LogP contribution in [0.15, 0.2) is 0 Å². The summed E-state index contributed by atoms with van der Waals surface area (Å²) in [6.45, 7) is 1.62. The predicted molar refractivity (Wildman–Crippen MR) is 36.2 cm³/mol. The van der Waals surface area contributed by atoms with Crippen LogP contribution in [-0.4, -0.2) is 17.0 Å². The van der Waals surface area contributed by atoms with E-state index in [0.29, 0.717) is 12.8 Å². The van der Waals surface area contributed by atoms with E-state index in [2.05, 4.69) is 0 Å². The van der Waals surface area contributed by atoms with Gasteiger partial charge >= 0.3 is 0 Å². The first-order valence-corrected chi connectivity index (χ1v) is 3.23. The van der Waals surface area contributed by atoms with Crippen LogP contribution in [0.25, 0.3) is 0 Å². The first-order valence-electron chi connectivity index (χ1n) is 3.23. The third-order valence-corrected chi connectivity index (χ3v) is 1.12. The summed E-state index contributed by atoms with van der Waals surface area (Å²) < 4.78 is 0. The Bertz CT molecular complexity index is 146. The van der Waals surface area contributed by atoms with Gasteiger partial charge in [0.2, 0.25) is 0 Å². The average molecular weight is 141 g/mol. The van der Waals surface area contributed by atoms with Crippen molar-refractivity contribution in [2.24, 2.45) is 0 Å². The number of nitriles is 1. The molecule has 0 fully saturated rings. The summed E-state index contributed by atoms with van der Waals surface area (Å²) in [7, 11) is 0. The van der Waals surface area contributed by atoms with Crippen LogP contribution >= 0.6 is 0 Å². The molecule has 0 saturated heterocycles. The van der Waals surface area contributed by atoms with Crippen molar-refractivity contribution in [3.63, 3.8) is 0 Å². The molecule has 0 aromatic heterocycles. The first kappa shape index (κ1) is 9.12. The molecule has 10 heavy (non-hydrogen) atoms. The number of hydrogen-bond donors (Lipinski definition) is 1. The molecule has 56 valence electrons. The second-order valence-corrected chi connectivity index (χ2v) is 2.26. The van der Waals surface area contributed by atoms with Crippen LogP contribution in [-0.2, 0) is 4.79 Å². The summed E-state index contributed by atoms with van der Waals surface area (Å²) in [5.74, 6) is -0.0941. The molecule has 0 aliphatic rings. The van der Waals surface area contributed by atoms with Gasteiger partial charge in [0, 0.05) is 6.42 Å². The Kier molecular flexibility index (Phi) is 4.51. The molecule has 1 unspecified atom stereocenters. The van der Waals surface area contributed by atoms with Crippen LogP contribution in [0.3, 0.4) is 0 Å². The van der Waals surface area contributed by atoms with Crippen molar-refractivity contribution in [3.05, 3.63) is 0 Å². The summed E-state index contributed by atoms with van der Waals surface area (Å²) in [4.78, 5) is 10.6. The molecule has 0 bridgehead atoms. The lowest BCUT2D eigenvalue weighted by molar-refractivity contribution is -0.118. The molecule has 0 radical (unpaired) electrons. The van der Waals surface area contributed by atoms with Crippen LogP contribution in [0, 0.1) is 11.3 Å². The standard InChI is InChI=1S/C7H11NO2/c1-6(9)2-3-7(10)4-5-8/h6,9H,2-4H2,1H3. The van der Waals surface area contributed by atoms with Crippen molar-refractivity contribution in [2.75, 3.05) is 0 Å². The highest BCUT2D eigenvalue weighted by molar-refractivity contribution is 5.80. The Morgan fingerprint density at radius 1 is 1.80 bits per heavy atom. The topological polar surface area (TPSA) is 61.1 Å². The molecule has 0 aliphatic carbocycles. The lowest BCUT2D eigenvalue weighted by Gasteiger charge is -1.99. The Labute approximate surface area is 60.3 Å². The van der Waals surface area contributed by atoms with E-state index in [-0.39, 0.29) is 12.2 Å². The van der Waals surface area contributed by atoms with Crippen molar-refractivity contribution >= 4 is 5.78 Å². The number of hydrogen-bond acceptors (Lipinski definition) is 3. The Morgan fingerprint density at radius 2 is 2.40 bits per heavy atom. The molecule has 0 spiro atoms. The van der Waals surface area contributed by atoms with Gasteiger partial charge in [0.05, 0.1) is 18.6 Å². The maximum Gasteiger partial charge on any atom is 0.147 e. The lowest BCUT2D eigenvalue weighted by atomic mass is 10.1. The van der Waals surface area contributed by atoms with E-state index in [1.54, 1.807) is 13.0 Å². The molecule has 1 atom stereocenters. The fraction of sp³-hybridized carbons (Fsp3) is 0.714. The van der Waals surface area contributed by atoms with Crippen LogP contribution in [0.1, 0.15) is 26.2 Å². The normalized spacial score (nSPS) is 12.1. The molecule has 0 heterocycles. The minimum atomic E-state index is -0.442. The monoisotopic (exact) mass is 141 g/mol. The van der Waals surface area contributed by atoms with Gasteiger partial charge in [-0.25, -0.2) is 0 Å². The zero-order valence-corrected chi connectivity index (χ0v) is 6.00. The molecule has 3 heteroatoms. The van der Waals surface area contributed by atoms with E-state index in [4.69, 9.17) is 10.4 Å². The second kappa shape index (κ2) is 4.95. The fourth-order valence-electron chi connectivity index (χ4n) is 0.546. The van der Waals surface area contributed by atoms with E-state index in [0.717, 1.165) is 0 Å². The van der Waals surface area contributed by atoms with Gasteiger partial charge in [0.25, 0.3) is 0 Å². The molecule has 0 aliphatic heterocycles.